The molecule has 1 N–H and O–H groups in total. The summed E-state index contributed by atoms with van der Waals surface area (Å²) in [4.78, 5) is 12.1. The lowest BCUT2D eigenvalue weighted by Crippen LogP contribution is -2.33. The van der Waals surface area contributed by atoms with Crippen LogP contribution in [-0.4, -0.2) is 39.6 Å². The average Bonchev–Trinajstić information content (AvgIpc) is 3.36. The van der Waals surface area contributed by atoms with E-state index in [0.717, 1.165) is 23.5 Å². The molecule has 2 heterocycles. The minimum Gasteiger partial charge on any atom is -0.497 e. The van der Waals surface area contributed by atoms with Gasteiger partial charge in [0.15, 0.2) is 11.0 Å². The lowest BCUT2D eigenvalue weighted by atomic mass is 10.2. The average molecular weight is 401 g/mol. The van der Waals surface area contributed by atoms with E-state index >= 15 is 0 Å². The molecule has 0 fully saturated rings. The second-order valence-corrected chi connectivity index (χ2v) is 7.31. The Morgan fingerprint density at radius 2 is 2.18 bits per heavy atom. The Kier molecular flexibility index (Phi) is 6.76. The van der Waals surface area contributed by atoms with Gasteiger partial charge >= 0.3 is 0 Å². The van der Waals surface area contributed by atoms with E-state index in [0.29, 0.717) is 17.5 Å². The fraction of sp³-hybridized carbons (Fsp3) is 0.350. The van der Waals surface area contributed by atoms with Crippen LogP contribution >= 0.6 is 11.8 Å². The molecule has 3 aromatic rings. The molecule has 0 aliphatic carbocycles. The maximum atomic E-state index is 12.1. The van der Waals surface area contributed by atoms with Gasteiger partial charge in [-0.3, -0.25) is 9.36 Å². The van der Waals surface area contributed by atoms with Gasteiger partial charge < -0.3 is 14.5 Å². The van der Waals surface area contributed by atoms with Crippen molar-refractivity contribution in [3.8, 4) is 17.1 Å². The van der Waals surface area contributed by atoms with Crippen LogP contribution in [0.2, 0.25) is 0 Å². The Morgan fingerprint density at radius 3 is 2.89 bits per heavy atom. The molecule has 8 heteroatoms. The fourth-order valence-electron chi connectivity index (χ4n) is 2.62. The lowest BCUT2D eigenvalue weighted by Gasteiger charge is -2.12. The van der Waals surface area contributed by atoms with Crippen molar-refractivity contribution in [2.24, 2.45) is 0 Å². The van der Waals surface area contributed by atoms with Crippen LogP contribution in [0.15, 0.2) is 52.2 Å². The van der Waals surface area contributed by atoms with Gasteiger partial charge in [0.1, 0.15) is 11.5 Å². The van der Waals surface area contributed by atoms with Crippen molar-refractivity contribution in [2.45, 2.75) is 38.0 Å². The first-order valence-corrected chi connectivity index (χ1v) is 10.1. The molecule has 0 saturated carbocycles. The first-order valence-electron chi connectivity index (χ1n) is 9.12. The van der Waals surface area contributed by atoms with E-state index in [1.54, 1.807) is 13.4 Å². The zero-order valence-electron chi connectivity index (χ0n) is 16.2. The van der Waals surface area contributed by atoms with Gasteiger partial charge in [0.2, 0.25) is 5.91 Å². The monoisotopic (exact) mass is 400 g/mol. The van der Waals surface area contributed by atoms with E-state index in [2.05, 4.69) is 15.5 Å². The SMILES string of the molecule is CCC(C)NC(=O)CSc1nnc(-c2cccc(OC)c2)n1Cc1ccco1. The third-order valence-electron chi connectivity index (χ3n) is 4.29. The standard InChI is InChI=1S/C20H24N4O3S/c1-4-14(2)21-18(25)13-28-20-23-22-19(15-7-5-8-16(11-15)26-3)24(20)12-17-9-6-10-27-17/h5-11,14H,4,12-13H2,1-3H3,(H,21,25). The number of carbonyl (C=O) groups is 1. The molecule has 0 radical (unpaired) electrons. The Balaban J connectivity index is 1.85. The summed E-state index contributed by atoms with van der Waals surface area (Å²) in [6, 6.07) is 11.6. The molecule has 7 nitrogen and oxygen atoms in total. The normalized spacial score (nSPS) is 12.0. The van der Waals surface area contributed by atoms with Crippen molar-refractivity contribution in [2.75, 3.05) is 12.9 Å². The fourth-order valence-corrected chi connectivity index (χ4v) is 3.37. The van der Waals surface area contributed by atoms with E-state index in [9.17, 15) is 4.79 Å². The molecule has 1 atom stereocenters. The smallest absolute Gasteiger partial charge is 0.230 e. The number of methoxy groups -OCH3 is 1. The van der Waals surface area contributed by atoms with Gasteiger partial charge in [-0.25, -0.2) is 0 Å². The zero-order chi connectivity index (χ0) is 19.9. The van der Waals surface area contributed by atoms with Gasteiger partial charge in [-0.15, -0.1) is 10.2 Å². The summed E-state index contributed by atoms with van der Waals surface area (Å²) in [5.74, 6) is 2.48. The number of nitrogens with one attached hydrogen (secondary N) is 1. The van der Waals surface area contributed by atoms with Crippen LogP contribution in [0.1, 0.15) is 26.0 Å². The summed E-state index contributed by atoms with van der Waals surface area (Å²) in [5, 5.41) is 12.3. The number of aromatic nitrogens is 3. The number of ether oxygens (including phenoxy) is 1. The van der Waals surface area contributed by atoms with E-state index in [4.69, 9.17) is 9.15 Å². The molecule has 28 heavy (non-hydrogen) atoms. The molecule has 1 aromatic carbocycles. The van der Waals surface area contributed by atoms with Crippen molar-refractivity contribution in [1.29, 1.82) is 0 Å². The van der Waals surface area contributed by atoms with E-state index < -0.39 is 0 Å². The maximum absolute atomic E-state index is 12.1. The molecule has 1 amide bonds. The second-order valence-electron chi connectivity index (χ2n) is 6.37. The van der Waals surface area contributed by atoms with Gasteiger partial charge in [-0.2, -0.15) is 0 Å². The summed E-state index contributed by atoms with van der Waals surface area (Å²) in [5.41, 5.74) is 0.884. The number of nitrogens with zero attached hydrogens (tertiary/aromatic N) is 3. The number of amides is 1. The van der Waals surface area contributed by atoms with Gasteiger partial charge in [0.25, 0.3) is 0 Å². The molecular formula is C20H24N4O3S. The minimum absolute atomic E-state index is 0.0187. The van der Waals surface area contributed by atoms with Crippen molar-refractivity contribution in [3.63, 3.8) is 0 Å². The second kappa shape index (κ2) is 9.45. The Bertz CT molecular complexity index is 908. The minimum atomic E-state index is -0.0187. The number of hydrogen-bond donors (Lipinski definition) is 1. The predicted molar refractivity (Wildman–Crippen MR) is 108 cm³/mol. The van der Waals surface area contributed by atoms with E-state index in [1.807, 2.05) is 54.8 Å². The highest BCUT2D eigenvalue weighted by Gasteiger charge is 2.18. The number of hydrogen-bond acceptors (Lipinski definition) is 6. The maximum Gasteiger partial charge on any atom is 0.230 e. The highest BCUT2D eigenvalue weighted by molar-refractivity contribution is 7.99. The van der Waals surface area contributed by atoms with Crippen LogP contribution in [0.3, 0.4) is 0 Å². The number of benzene rings is 1. The summed E-state index contributed by atoms with van der Waals surface area (Å²) in [6.07, 6.45) is 2.53. The molecule has 148 valence electrons. The van der Waals surface area contributed by atoms with E-state index in [1.165, 1.54) is 11.8 Å². The molecule has 0 bridgehead atoms. The van der Waals surface area contributed by atoms with Crippen molar-refractivity contribution in [3.05, 3.63) is 48.4 Å². The van der Waals surface area contributed by atoms with Gasteiger partial charge in [0, 0.05) is 11.6 Å². The van der Waals surface area contributed by atoms with E-state index in [-0.39, 0.29) is 17.7 Å². The summed E-state index contributed by atoms with van der Waals surface area (Å²) in [7, 11) is 1.63. The van der Waals surface area contributed by atoms with Crippen LogP contribution in [0.4, 0.5) is 0 Å². The van der Waals surface area contributed by atoms with Crippen LogP contribution in [0.5, 0.6) is 5.75 Å². The van der Waals surface area contributed by atoms with Gasteiger partial charge in [-0.05, 0) is 37.6 Å². The quantitative estimate of drug-likeness (QED) is 0.553. The van der Waals surface area contributed by atoms with Crippen LogP contribution in [-0.2, 0) is 11.3 Å². The van der Waals surface area contributed by atoms with Crippen LogP contribution < -0.4 is 10.1 Å². The third-order valence-corrected chi connectivity index (χ3v) is 5.26. The summed E-state index contributed by atoms with van der Waals surface area (Å²) in [6.45, 7) is 4.50. The number of furan rings is 1. The number of rotatable bonds is 9. The summed E-state index contributed by atoms with van der Waals surface area (Å²) >= 11 is 1.36. The Labute approximate surface area is 168 Å². The van der Waals surface area contributed by atoms with Gasteiger partial charge in [0.05, 0.1) is 25.7 Å². The highest BCUT2D eigenvalue weighted by Crippen LogP contribution is 2.27. The number of carbonyl (C=O) groups excluding carboxylic acids is 1. The molecule has 0 aliphatic rings. The van der Waals surface area contributed by atoms with Crippen LogP contribution in [0.25, 0.3) is 11.4 Å². The first-order chi connectivity index (χ1) is 13.6. The molecule has 0 spiro atoms. The predicted octanol–water partition coefficient (Wildman–Crippen LogP) is 3.60. The number of thioether (sulfide) groups is 1. The first kappa shape index (κ1) is 20.0. The van der Waals surface area contributed by atoms with Crippen molar-refractivity contribution >= 4 is 17.7 Å². The zero-order valence-corrected chi connectivity index (χ0v) is 17.0. The van der Waals surface area contributed by atoms with Crippen molar-refractivity contribution in [1.82, 2.24) is 20.1 Å². The topological polar surface area (TPSA) is 82.2 Å². The Morgan fingerprint density at radius 1 is 1.32 bits per heavy atom. The largest absolute Gasteiger partial charge is 0.497 e. The van der Waals surface area contributed by atoms with Crippen molar-refractivity contribution < 1.29 is 13.9 Å². The van der Waals surface area contributed by atoms with Crippen LogP contribution in [0, 0.1) is 0 Å². The Hall–Kier alpha value is -2.74. The van der Waals surface area contributed by atoms with Gasteiger partial charge in [-0.1, -0.05) is 30.8 Å². The molecule has 0 aliphatic heterocycles. The lowest BCUT2D eigenvalue weighted by molar-refractivity contribution is -0.119. The third kappa shape index (κ3) is 4.95. The molecule has 1 unspecified atom stereocenters. The molecule has 3 rings (SSSR count). The summed E-state index contributed by atoms with van der Waals surface area (Å²) < 4.78 is 12.8. The molecule has 2 aromatic heterocycles. The molecule has 0 saturated heterocycles. The highest BCUT2D eigenvalue weighted by atomic mass is 32.2. The molecular weight excluding hydrogens is 376 g/mol.